The zero-order valence-electron chi connectivity index (χ0n) is 16.9. The van der Waals surface area contributed by atoms with Gasteiger partial charge in [-0.15, -0.1) is 16.8 Å². The smallest absolute Gasteiger partial charge is 0.264 e. The second kappa shape index (κ2) is 10.8. The maximum Gasteiger partial charge on any atom is 0.264 e. The van der Waals surface area contributed by atoms with Crippen LogP contribution < -0.4 is 14.4 Å². The van der Waals surface area contributed by atoms with Gasteiger partial charge in [-0.05, 0) is 30.3 Å². The van der Waals surface area contributed by atoms with Crippen LogP contribution in [0.25, 0.3) is 0 Å². The van der Waals surface area contributed by atoms with E-state index in [0.29, 0.717) is 15.8 Å². The van der Waals surface area contributed by atoms with Crippen molar-refractivity contribution in [3.8, 4) is 5.75 Å². The number of carbonyl (C=O) groups is 1. The van der Waals surface area contributed by atoms with E-state index in [1.165, 1.54) is 60.5 Å². The van der Waals surface area contributed by atoms with E-state index < -0.39 is 22.5 Å². The fraction of sp³-hybridized carbons (Fsp3) is 0.150. The molecule has 1 N–H and O–H groups in total. The van der Waals surface area contributed by atoms with Crippen LogP contribution in [-0.4, -0.2) is 43.9 Å². The molecule has 2 aromatic carbocycles. The second-order valence-electron chi connectivity index (χ2n) is 6.16. The average molecular weight is 511 g/mol. The number of benzene rings is 2. The van der Waals surface area contributed by atoms with Gasteiger partial charge in [0.05, 0.1) is 22.7 Å². The topological polar surface area (TPSA) is 101 Å². The van der Waals surface area contributed by atoms with E-state index in [1.54, 1.807) is 24.3 Å². The number of sulfonamides is 1. The van der Waals surface area contributed by atoms with Crippen molar-refractivity contribution in [3.05, 3.63) is 66.2 Å². The van der Waals surface area contributed by atoms with E-state index >= 15 is 0 Å². The molecule has 0 fully saturated rings. The predicted octanol–water partition coefficient (Wildman–Crippen LogP) is 4.31. The minimum atomic E-state index is -4.06. The van der Waals surface area contributed by atoms with Crippen molar-refractivity contribution in [3.63, 3.8) is 0 Å². The van der Waals surface area contributed by atoms with Gasteiger partial charge in [-0.1, -0.05) is 59.0 Å². The van der Waals surface area contributed by atoms with E-state index in [-0.39, 0.29) is 20.7 Å². The van der Waals surface area contributed by atoms with Crippen LogP contribution in [0.4, 0.5) is 10.8 Å². The highest BCUT2D eigenvalue weighted by atomic mass is 35.5. The number of rotatable bonds is 10. The molecular formula is C20H19ClN4O4S3. The molecule has 168 valence electrons. The van der Waals surface area contributed by atoms with Crippen molar-refractivity contribution in [2.24, 2.45) is 0 Å². The van der Waals surface area contributed by atoms with Crippen LogP contribution in [0.1, 0.15) is 0 Å². The molecule has 0 aliphatic heterocycles. The Labute approximate surface area is 199 Å². The van der Waals surface area contributed by atoms with E-state index in [1.807, 2.05) is 0 Å². The fourth-order valence-corrected chi connectivity index (χ4v) is 5.80. The third kappa shape index (κ3) is 5.80. The summed E-state index contributed by atoms with van der Waals surface area (Å²) in [6, 6.07) is 12.3. The first-order chi connectivity index (χ1) is 15.3. The first-order valence-electron chi connectivity index (χ1n) is 9.13. The SMILES string of the molecule is C=CCSc1nnc(NC(=O)CN(c2ccc(OC)c(Cl)c2)S(=O)(=O)c2ccccc2)s1. The molecule has 0 bridgehead atoms. The van der Waals surface area contributed by atoms with Gasteiger partial charge in [0.1, 0.15) is 12.3 Å². The number of amides is 1. The van der Waals surface area contributed by atoms with Gasteiger partial charge in [0.25, 0.3) is 10.0 Å². The largest absolute Gasteiger partial charge is 0.495 e. The minimum absolute atomic E-state index is 0.0405. The van der Waals surface area contributed by atoms with Crippen LogP contribution in [0.2, 0.25) is 5.02 Å². The first-order valence-corrected chi connectivity index (χ1v) is 12.8. The molecular weight excluding hydrogens is 492 g/mol. The lowest BCUT2D eigenvalue weighted by molar-refractivity contribution is -0.114. The predicted molar refractivity (Wildman–Crippen MR) is 128 cm³/mol. The van der Waals surface area contributed by atoms with E-state index in [2.05, 4.69) is 22.1 Å². The zero-order valence-corrected chi connectivity index (χ0v) is 20.1. The van der Waals surface area contributed by atoms with Crippen LogP contribution >= 0.6 is 34.7 Å². The minimum Gasteiger partial charge on any atom is -0.495 e. The molecule has 0 aliphatic carbocycles. The molecule has 1 aromatic heterocycles. The highest BCUT2D eigenvalue weighted by Crippen LogP contribution is 2.32. The summed E-state index contributed by atoms with van der Waals surface area (Å²) in [5.74, 6) is 0.465. The number of hydrogen-bond acceptors (Lipinski definition) is 8. The summed E-state index contributed by atoms with van der Waals surface area (Å²) in [6.45, 7) is 3.15. The van der Waals surface area contributed by atoms with Crippen LogP contribution in [0.15, 0.2) is 70.4 Å². The monoisotopic (exact) mass is 510 g/mol. The molecule has 32 heavy (non-hydrogen) atoms. The molecule has 3 rings (SSSR count). The zero-order chi connectivity index (χ0) is 23.1. The van der Waals surface area contributed by atoms with Crippen molar-refractivity contribution in [2.75, 3.05) is 29.0 Å². The highest BCUT2D eigenvalue weighted by Gasteiger charge is 2.28. The number of hydrogen-bond donors (Lipinski definition) is 1. The Kier molecular flexibility index (Phi) is 8.13. The lowest BCUT2D eigenvalue weighted by atomic mass is 10.3. The molecule has 0 saturated carbocycles. The normalized spacial score (nSPS) is 11.1. The number of ether oxygens (including phenoxy) is 1. The quantitative estimate of drug-likeness (QED) is 0.246. The Morgan fingerprint density at radius 2 is 2.03 bits per heavy atom. The molecule has 1 heterocycles. The summed E-state index contributed by atoms with van der Waals surface area (Å²) in [7, 11) is -2.60. The molecule has 0 saturated heterocycles. The molecule has 0 spiro atoms. The van der Waals surface area contributed by atoms with Crippen molar-refractivity contribution in [1.29, 1.82) is 0 Å². The van der Waals surface area contributed by atoms with E-state index in [0.717, 1.165) is 4.31 Å². The Bertz CT molecular complexity index is 1200. The number of halogens is 1. The average Bonchev–Trinajstić information content (AvgIpc) is 3.23. The van der Waals surface area contributed by atoms with Gasteiger partial charge in [-0.25, -0.2) is 8.42 Å². The summed E-state index contributed by atoms with van der Waals surface area (Å²) in [4.78, 5) is 12.8. The van der Waals surface area contributed by atoms with E-state index in [9.17, 15) is 13.2 Å². The van der Waals surface area contributed by atoms with Gasteiger partial charge < -0.3 is 4.74 Å². The number of anilines is 2. The Balaban J connectivity index is 1.89. The molecule has 0 atom stereocenters. The van der Waals surface area contributed by atoms with Crippen LogP contribution in [0.5, 0.6) is 5.75 Å². The van der Waals surface area contributed by atoms with E-state index in [4.69, 9.17) is 16.3 Å². The lowest BCUT2D eigenvalue weighted by Crippen LogP contribution is -2.38. The molecule has 0 radical (unpaired) electrons. The van der Waals surface area contributed by atoms with Crippen molar-refractivity contribution in [1.82, 2.24) is 10.2 Å². The van der Waals surface area contributed by atoms with Gasteiger partial charge >= 0.3 is 0 Å². The van der Waals surface area contributed by atoms with Crippen LogP contribution in [0, 0.1) is 0 Å². The Morgan fingerprint density at radius 1 is 1.28 bits per heavy atom. The fourth-order valence-electron chi connectivity index (χ4n) is 2.58. The molecule has 1 amide bonds. The summed E-state index contributed by atoms with van der Waals surface area (Å²) in [6.07, 6.45) is 1.73. The van der Waals surface area contributed by atoms with Gasteiger partial charge in [0, 0.05) is 5.75 Å². The van der Waals surface area contributed by atoms with Crippen molar-refractivity contribution in [2.45, 2.75) is 9.24 Å². The van der Waals surface area contributed by atoms with Crippen molar-refractivity contribution >= 4 is 61.4 Å². The third-order valence-electron chi connectivity index (χ3n) is 4.02. The van der Waals surface area contributed by atoms with Gasteiger partial charge in [0.2, 0.25) is 11.0 Å². The first kappa shape index (κ1) is 24.1. The summed E-state index contributed by atoms with van der Waals surface area (Å²) >= 11 is 8.83. The third-order valence-corrected chi connectivity index (χ3v) is 8.07. The Hall–Kier alpha value is -2.60. The number of carbonyl (C=O) groups excluding carboxylic acids is 1. The summed E-state index contributed by atoms with van der Waals surface area (Å²) in [5, 5.41) is 11.0. The van der Waals surface area contributed by atoms with Crippen molar-refractivity contribution < 1.29 is 17.9 Å². The number of nitrogens with one attached hydrogen (secondary N) is 1. The van der Waals surface area contributed by atoms with Gasteiger partial charge in [-0.2, -0.15) is 0 Å². The van der Waals surface area contributed by atoms with Gasteiger partial charge in [0.15, 0.2) is 4.34 Å². The van der Waals surface area contributed by atoms with Crippen LogP contribution in [0.3, 0.4) is 0 Å². The lowest BCUT2D eigenvalue weighted by Gasteiger charge is -2.24. The second-order valence-corrected chi connectivity index (χ2v) is 10.7. The standard InChI is InChI=1S/C20H19ClN4O4S3/c1-3-11-30-20-24-23-19(31-20)22-18(26)13-25(14-9-10-17(29-2)16(21)12-14)32(27,28)15-7-5-4-6-8-15/h3-10,12H,1,11,13H2,2H3,(H,22,23,26). The number of aromatic nitrogens is 2. The maximum atomic E-state index is 13.3. The number of thioether (sulfide) groups is 1. The number of nitrogens with zero attached hydrogens (tertiary/aromatic N) is 3. The van der Waals surface area contributed by atoms with Gasteiger partial charge in [-0.3, -0.25) is 14.4 Å². The summed E-state index contributed by atoms with van der Waals surface area (Å²) < 4.78 is 33.5. The molecule has 0 unspecified atom stereocenters. The maximum absolute atomic E-state index is 13.3. The molecule has 12 heteroatoms. The molecule has 3 aromatic rings. The van der Waals surface area contributed by atoms with Crippen LogP contribution in [-0.2, 0) is 14.8 Å². The highest BCUT2D eigenvalue weighted by molar-refractivity contribution is 8.01. The Morgan fingerprint density at radius 3 is 2.69 bits per heavy atom. The molecule has 0 aliphatic rings. The summed E-state index contributed by atoms with van der Waals surface area (Å²) in [5.41, 5.74) is 0.217. The number of methoxy groups -OCH3 is 1. The molecule has 8 nitrogen and oxygen atoms in total.